The van der Waals surface area contributed by atoms with Gasteiger partial charge in [-0.3, -0.25) is 9.52 Å². The number of alkyl halides is 3. The molecule has 0 aliphatic carbocycles. The largest absolute Gasteiger partial charge is 0.487 e. The average molecular weight is 639 g/mol. The number of hydrogen-bond donors (Lipinski definition) is 3. The minimum Gasteiger partial charge on any atom is -0.487 e. The van der Waals surface area contributed by atoms with E-state index in [1.165, 1.54) is 52.1 Å². The Bertz CT molecular complexity index is 1610. The summed E-state index contributed by atoms with van der Waals surface area (Å²) in [5.41, 5.74) is -0.550. The first-order chi connectivity index (χ1) is 20.6. The van der Waals surface area contributed by atoms with Crippen molar-refractivity contribution in [3.05, 3.63) is 66.1 Å². The van der Waals surface area contributed by atoms with Crippen LogP contribution < -0.4 is 14.8 Å². The highest BCUT2D eigenvalue weighted by atomic mass is 32.2. The predicted molar refractivity (Wildman–Crippen MR) is 155 cm³/mol. The van der Waals surface area contributed by atoms with Crippen LogP contribution in [0.25, 0.3) is 0 Å². The number of sulfonamides is 1. The van der Waals surface area contributed by atoms with Gasteiger partial charge in [-0.05, 0) is 49.4 Å². The first-order valence-corrected chi connectivity index (χ1v) is 15.0. The lowest BCUT2D eigenvalue weighted by atomic mass is 9.99. The standard InChI is InChI=1S/C28H33F3N6O6S/c1-17-12-37(18(2)15-38)26(39)22-11-21(34-44(41,42)25-14-35(3)16-32-25)9-10-23(22)43-24(17)13-36(4)27(40)33-20-7-5-19(6-8-20)28(29,30)31/h5-11,14,16-18,24,34,38H,12-13,15H2,1-4H3,(H,33,40)/t17-,18+,24+/m0/s1. The van der Waals surface area contributed by atoms with E-state index in [1.807, 2.05) is 6.92 Å². The Morgan fingerprint density at radius 2 is 1.86 bits per heavy atom. The topological polar surface area (TPSA) is 146 Å². The molecule has 1 aliphatic rings. The van der Waals surface area contributed by atoms with Gasteiger partial charge in [-0.25, -0.2) is 9.78 Å². The zero-order chi connectivity index (χ0) is 32.4. The van der Waals surface area contributed by atoms with Gasteiger partial charge in [0.15, 0.2) is 5.03 Å². The van der Waals surface area contributed by atoms with Crippen LogP contribution >= 0.6 is 0 Å². The van der Waals surface area contributed by atoms with Crippen LogP contribution in [0.1, 0.15) is 29.8 Å². The van der Waals surface area contributed by atoms with Gasteiger partial charge < -0.3 is 29.5 Å². The number of ether oxygens (including phenoxy) is 1. The molecular weight excluding hydrogens is 605 g/mol. The molecule has 3 aromatic rings. The molecule has 1 aromatic heterocycles. The van der Waals surface area contributed by atoms with Gasteiger partial charge in [-0.1, -0.05) is 6.92 Å². The second-order valence-corrected chi connectivity index (χ2v) is 12.3. The van der Waals surface area contributed by atoms with E-state index < -0.39 is 45.8 Å². The summed E-state index contributed by atoms with van der Waals surface area (Å²) < 4.78 is 74.4. The quantitative estimate of drug-likeness (QED) is 0.342. The van der Waals surface area contributed by atoms with E-state index in [2.05, 4.69) is 15.0 Å². The number of carbonyl (C=O) groups excluding carboxylic acids is 2. The number of anilines is 2. The minimum absolute atomic E-state index is 0.0245. The normalized spacial score (nSPS) is 18.0. The van der Waals surface area contributed by atoms with Crippen molar-refractivity contribution in [2.45, 2.75) is 37.2 Å². The summed E-state index contributed by atoms with van der Waals surface area (Å²) in [7, 11) is -0.950. The molecule has 2 heterocycles. The van der Waals surface area contributed by atoms with Crippen molar-refractivity contribution < 1.29 is 41.0 Å². The first kappa shape index (κ1) is 32.6. The SMILES string of the molecule is C[C@H](CO)N1C[C@H](C)[C@@H](CN(C)C(=O)Nc2ccc(C(F)(F)F)cc2)Oc2ccc(NS(=O)(=O)c3cn(C)cn3)cc2C1=O. The maximum Gasteiger partial charge on any atom is 0.416 e. The number of benzene rings is 2. The van der Waals surface area contributed by atoms with Gasteiger partial charge in [-0.15, -0.1) is 0 Å². The highest BCUT2D eigenvalue weighted by Gasteiger charge is 2.35. The summed E-state index contributed by atoms with van der Waals surface area (Å²) in [6, 6.07) is 7.05. The number of hydrogen-bond acceptors (Lipinski definition) is 7. The van der Waals surface area contributed by atoms with Crippen LogP contribution in [0.3, 0.4) is 0 Å². The molecular formula is C28H33F3N6O6S. The van der Waals surface area contributed by atoms with E-state index in [4.69, 9.17) is 4.74 Å². The van der Waals surface area contributed by atoms with Crippen LogP contribution in [-0.4, -0.2) is 83.7 Å². The number of nitrogens with one attached hydrogen (secondary N) is 2. The van der Waals surface area contributed by atoms with Crippen LogP contribution in [-0.2, 0) is 23.2 Å². The van der Waals surface area contributed by atoms with Crippen LogP contribution in [0, 0.1) is 5.92 Å². The number of halogens is 3. The number of aromatic nitrogens is 2. The molecule has 44 heavy (non-hydrogen) atoms. The second kappa shape index (κ2) is 12.7. The molecule has 0 saturated heterocycles. The number of aryl methyl sites for hydroxylation is 1. The zero-order valence-corrected chi connectivity index (χ0v) is 25.2. The monoisotopic (exact) mass is 638 g/mol. The molecule has 0 saturated carbocycles. The smallest absolute Gasteiger partial charge is 0.416 e. The Kier molecular flexibility index (Phi) is 9.44. The van der Waals surface area contributed by atoms with E-state index in [1.54, 1.807) is 14.0 Å². The summed E-state index contributed by atoms with van der Waals surface area (Å²) >= 11 is 0. The number of likely N-dealkylation sites (N-methyl/N-ethyl adjacent to an activating group) is 1. The molecule has 0 radical (unpaired) electrons. The Hall–Kier alpha value is -4.31. The minimum atomic E-state index is -4.51. The Labute approximate surface area is 252 Å². The number of carbonyl (C=O) groups is 2. The summed E-state index contributed by atoms with van der Waals surface area (Å²) in [4.78, 5) is 33.2. The molecule has 0 bridgehead atoms. The van der Waals surface area contributed by atoms with Gasteiger partial charge in [0.25, 0.3) is 15.9 Å². The third-order valence-corrected chi connectivity index (χ3v) is 8.40. The first-order valence-electron chi connectivity index (χ1n) is 13.5. The van der Waals surface area contributed by atoms with Gasteiger partial charge in [0.2, 0.25) is 0 Å². The van der Waals surface area contributed by atoms with Gasteiger partial charge >= 0.3 is 12.2 Å². The molecule has 238 valence electrons. The van der Waals surface area contributed by atoms with E-state index in [0.29, 0.717) is 0 Å². The fraction of sp³-hybridized carbons (Fsp3) is 0.393. The second-order valence-electron chi connectivity index (χ2n) is 10.7. The van der Waals surface area contributed by atoms with Crippen molar-refractivity contribution in [2.24, 2.45) is 13.0 Å². The molecule has 3 N–H and O–H groups in total. The Morgan fingerprint density at radius 1 is 1.20 bits per heavy atom. The van der Waals surface area contributed by atoms with Crippen molar-refractivity contribution >= 4 is 33.3 Å². The third kappa shape index (κ3) is 7.42. The molecule has 1 aliphatic heterocycles. The van der Waals surface area contributed by atoms with Gasteiger partial charge in [0.05, 0.1) is 36.6 Å². The van der Waals surface area contributed by atoms with Crippen LogP contribution in [0.15, 0.2) is 60.0 Å². The maximum atomic E-state index is 13.6. The van der Waals surface area contributed by atoms with Gasteiger partial charge in [0.1, 0.15) is 11.9 Å². The van der Waals surface area contributed by atoms with Crippen molar-refractivity contribution in [2.75, 3.05) is 36.8 Å². The predicted octanol–water partition coefficient (Wildman–Crippen LogP) is 3.62. The van der Waals surface area contributed by atoms with Crippen LogP contribution in [0.4, 0.5) is 29.3 Å². The lowest BCUT2D eigenvalue weighted by Crippen LogP contribution is -2.50. The highest BCUT2D eigenvalue weighted by molar-refractivity contribution is 7.92. The molecule has 3 amide bonds. The average Bonchev–Trinajstić information content (AvgIpc) is 3.41. The molecule has 0 spiro atoms. The molecule has 12 nitrogen and oxygen atoms in total. The van der Waals surface area contributed by atoms with Crippen molar-refractivity contribution in [3.63, 3.8) is 0 Å². The number of imidazole rings is 1. The van der Waals surface area contributed by atoms with E-state index in [-0.39, 0.29) is 53.3 Å². The Morgan fingerprint density at radius 3 is 2.45 bits per heavy atom. The number of urea groups is 1. The number of nitrogens with zero attached hydrogens (tertiary/aromatic N) is 4. The highest BCUT2D eigenvalue weighted by Crippen LogP contribution is 2.32. The summed E-state index contributed by atoms with van der Waals surface area (Å²) in [5, 5.41) is 12.2. The summed E-state index contributed by atoms with van der Waals surface area (Å²) in [6.45, 7) is 3.32. The molecule has 3 atom stereocenters. The van der Waals surface area contributed by atoms with Crippen molar-refractivity contribution in [1.82, 2.24) is 19.4 Å². The summed E-state index contributed by atoms with van der Waals surface area (Å²) in [6.07, 6.45) is -2.52. The summed E-state index contributed by atoms with van der Waals surface area (Å²) in [5.74, 6) is -0.692. The van der Waals surface area contributed by atoms with E-state index >= 15 is 0 Å². The number of aliphatic hydroxyl groups excluding tert-OH is 1. The van der Waals surface area contributed by atoms with Crippen LogP contribution in [0.5, 0.6) is 5.75 Å². The van der Waals surface area contributed by atoms with Crippen molar-refractivity contribution in [3.8, 4) is 5.75 Å². The number of amides is 3. The number of fused-ring (bicyclic) bond motifs is 1. The number of aliphatic hydroxyl groups is 1. The molecule has 0 fully saturated rings. The fourth-order valence-electron chi connectivity index (χ4n) is 4.55. The lowest BCUT2D eigenvalue weighted by Gasteiger charge is -2.38. The van der Waals surface area contributed by atoms with Gasteiger partial charge in [-0.2, -0.15) is 21.6 Å². The molecule has 0 unspecified atom stereocenters. The number of rotatable bonds is 8. The van der Waals surface area contributed by atoms with Crippen molar-refractivity contribution in [1.29, 1.82) is 0 Å². The van der Waals surface area contributed by atoms with Gasteiger partial charge in [0, 0.05) is 44.1 Å². The fourth-order valence-corrected chi connectivity index (χ4v) is 5.59. The maximum absolute atomic E-state index is 13.6. The van der Waals surface area contributed by atoms with Crippen LogP contribution in [0.2, 0.25) is 0 Å². The molecule has 4 rings (SSSR count). The van der Waals surface area contributed by atoms with E-state index in [9.17, 15) is 36.3 Å². The van der Waals surface area contributed by atoms with E-state index in [0.717, 1.165) is 24.3 Å². The molecule has 16 heteroatoms. The zero-order valence-electron chi connectivity index (χ0n) is 24.4. The Balaban J connectivity index is 1.57. The lowest BCUT2D eigenvalue weighted by molar-refractivity contribution is -0.137. The molecule has 2 aromatic carbocycles. The third-order valence-electron chi connectivity index (χ3n) is 7.14.